The van der Waals surface area contributed by atoms with E-state index >= 15 is 0 Å². The topological polar surface area (TPSA) is 52.7 Å². The predicted octanol–water partition coefficient (Wildman–Crippen LogP) is 2.38. The highest BCUT2D eigenvalue weighted by Crippen LogP contribution is 2.29. The van der Waals surface area contributed by atoms with Crippen LogP contribution in [-0.4, -0.2) is 61.9 Å². The van der Waals surface area contributed by atoms with Crippen molar-refractivity contribution in [1.82, 2.24) is 15.1 Å². The minimum absolute atomic E-state index is 0.0580. The van der Waals surface area contributed by atoms with E-state index in [0.717, 1.165) is 19.4 Å². The molecule has 0 saturated carbocycles. The van der Waals surface area contributed by atoms with E-state index in [4.69, 9.17) is 0 Å². The molecule has 0 unspecified atom stereocenters. The molecule has 1 fully saturated rings. The van der Waals surface area contributed by atoms with Gasteiger partial charge in [0, 0.05) is 38.2 Å². The van der Waals surface area contributed by atoms with Crippen LogP contribution in [0.3, 0.4) is 0 Å². The quantitative estimate of drug-likeness (QED) is 0.809. The summed E-state index contributed by atoms with van der Waals surface area (Å²) in [4.78, 5) is 28.7. The number of rotatable bonds is 7. The maximum absolute atomic E-state index is 13.0. The SMILES string of the molecule is CC[C@H]1CN(C(=O)c2ccc(F)cc2)CC[C@H]1CC(=O)NCCN(C)C. The highest BCUT2D eigenvalue weighted by molar-refractivity contribution is 5.94. The summed E-state index contributed by atoms with van der Waals surface area (Å²) in [6.45, 7) is 4.89. The van der Waals surface area contributed by atoms with Crippen molar-refractivity contribution in [2.24, 2.45) is 11.8 Å². The van der Waals surface area contributed by atoms with Crippen molar-refractivity contribution in [1.29, 1.82) is 0 Å². The molecule has 2 amide bonds. The van der Waals surface area contributed by atoms with Gasteiger partial charge in [-0.1, -0.05) is 13.3 Å². The number of nitrogens with one attached hydrogen (secondary N) is 1. The van der Waals surface area contributed by atoms with Crippen LogP contribution < -0.4 is 5.32 Å². The van der Waals surface area contributed by atoms with Gasteiger partial charge in [-0.15, -0.1) is 0 Å². The van der Waals surface area contributed by atoms with E-state index in [1.165, 1.54) is 24.3 Å². The number of halogens is 1. The largest absolute Gasteiger partial charge is 0.355 e. The first-order valence-electron chi connectivity index (χ1n) is 9.37. The van der Waals surface area contributed by atoms with Crippen LogP contribution in [0.1, 0.15) is 36.5 Å². The lowest BCUT2D eigenvalue weighted by atomic mass is 9.81. The van der Waals surface area contributed by atoms with Gasteiger partial charge in [-0.2, -0.15) is 0 Å². The van der Waals surface area contributed by atoms with Gasteiger partial charge in [0.05, 0.1) is 0 Å². The number of hydrogen-bond acceptors (Lipinski definition) is 3. The number of piperidine rings is 1. The molecule has 1 saturated heterocycles. The van der Waals surface area contributed by atoms with Gasteiger partial charge in [-0.3, -0.25) is 9.59 Å². The molecular weight excluding hydrogens is 333 g/mol. The molecule has 0 spiro atoms. The van der Waals surface area contributed by atoms with Gasteiger partial charge in [0.2, 0.25) is 5.91 Å². The molecule has 0 aromatic heterocycles. The van der Waals surface area contributed by atoms with Gasteiger partial charge >= 0.3 is 0 Å². The zero-order valence-corrected chi connectivity index (χ0v) is 16.0. The third-order valence-corrected chi connectivity index (χ3v) is 5.12. The minimum Gasteiger partial charge on any atom is -0.355 e. The van der Waals surface area contributed by atoms with Gasteiger partial charge < -0.3 is 15.1 Å². The van der Waals surface area contributed by atoms with E-state index in [9.17, 15) is 14.0 Å². The fourth-order valence-corrected chi connectivity index (χ4v) is 3.50. The second kappa shape index (κ2) is 9.67. The van der Waals surface area contributed by atoms with Crippen molar-refractivity contribution in [3.05, 3.63) is 35.6 Å². The van der Waals surface area contributed by atoms with E-state index in [1.54, 1.807) is 0 Å². The third-order valence-electron chi connectivity index (χ3n) is 5.12. The van der Waals surface area contributed by atoms with Gasteiger partial charge in [-0.25, -0.2) is 4.39 Å². The van der Waals surface area contributed by atoms with Crippen molar-refractivity contribution < 1.29 is 14.0 Å². The van der Waals surface area contributed by atoms with Crippen LogP contribution in [0.15, 0.2) is 24.3 Å². The van der Waals surface area contributed by atoms with Crippen LogP contribution in [-0.2, 0) is 4.79 Å². The maximum Gasteiger partial charge on any atom is 0.253 e. The zero-order chi connectivity index (χ0) is 19.1. The molecule has 6 heteroatoms. The summed E-state index contributed by atoms with van der Waals surface area (Å²) in [6, 6.07) is 5.69. The number of carbonyl (C=O) groups is 2. The van der Waals surface area contributed by atoms with E-state index in [-0.39, 0.29) is 17.6 Å². The molecule has 1 aliphatic heterocycles. The predicted molar refractivity (Wildman–Crippen MR) is 100 cm³/mol. The number of amides is 2. The Labute approximate surface area is 155 Å². The molecule has 1 aliphatic rings. The van der Waals surface area contributed by atoms with Crippen LogP contribution in [0.25, 0.3) is 0 Å². The molecule has 1 aromatic rings. The van der Waals surface area contributed by atoms with Crippen molar-refractivity contribution in [3.63, 3.8) is 0 Å². The Bertz CT molecular complexity index is 604. The Balaban J connectivity index is 1.88. The lowest BCUT2D eigenvalue weighted by Gasteiger charge is -2.38. The summed E-state index contributed by atoms with van der Waals surface area (Å²) < 4.78 is 13.0. The lowest BCUT2D eigenvalue weighted by molar-refractivity contribution is -0.122. The van der Waals surface area contributed by atoms with Crippen molar-refractivity contribution >= 4 is 11.8 Å². The Hall–Kier alpha value is -1.95. The molecule has 1 N–H and O–H groups in total. The molecule has 0 bridgehead atoms. The highest BCUT2D eigenvalue weighted by atomic mass is 19.1. The Kier molecular flexibility index (Phi) is 7.57. The Morgan fingerprint density at radius 1 is 1.23 bits per heavy atom. The number of likely N-dealkylation sites (N-methyl/N-ethyl adjacent to an activating group) is 1. The number of likely N-dealkylation sites (tertiary alicyclic amines) is 1. The Morgan fingerprint density at radius 2 is 1.92 bits per heavy atom. The summed E-state index contributed by atoms with van der Waals surface area (Å²) in [5, 5.41) is 2.97. The number of nitrogens with zero attached hydrogens (tertiary/aromatic N) is 2. The second-order valence-corrected chi connectivity index (χ2v) is 7.33. The van der Waals surface area contributed by atoms with Gasteiger partial charge in [0.25, 0.3) is 5.91 Å². The molecular formula is C20H30FN3O2. The first-order chi connectivity index (χ1) is 12.4. The zero-order valence-electron chi connectivity index (χ0n) is 16.0. The highest BCUT2D eigenvalue weighted by Gasteiger charge is 2.32. The number of hydrogen-bond donors (Lipinski definition) is 1. The van der Waals surface area contributed by atoms with Crippen LogP contribution in [0, 0.1) is 17.7 Å². The van der Waals surface area contributed by atoms with E-state index in [2.05, 4.69) is 12.2 Å². The molecule has 2 atom stereocenters. The minimum atomic E-state index is -0.341. The van der Waals surface area contributed by atoms with Crippen LogP contribution in [0.4, 0.5) is 4.39 Å². The fourth-order valence-electron chi connectivity index (χ4n) is 3.50. The fraction of sp³-hybridized carbons (Fsp3) is 0.600. The van der Waals surface area contributed by atoms with Crippen molar-refractivity contribution in [3.8, 4) is 0 Å². The first kappa shape index (κ1) is 20.4. The smallest absolute Gasteiger partial charge is 0.253 e. The van der Waals surface area contributed by atoms with E-state index < -0.39 is 0 Å². The van der Waals surface area contributed by atoms with Gasteiger partial charge in [-0.05, 0) is 56.6 Å². The Morgan fingerprint density at radius 3 is 2.54 bits per heavy atom. The maximum atomic E-state index is 13.0. The summed E-state index contributed by atoms with van der Waals surface area (Å²) in [5.74, 6) is 0.308. The summed E-state index contributed by atoms with van der Waals surface area (Å²) in [5.41, 5.74) is 0.515. The van der Waals surface area contributed by atoms with Crippen LogP contribution >= 0.6 is 0 Å². The van der Waals surface area contributed by atoms with Crippen LogP contribution in [0.2, 0.25) is 0 Å². The molecule has 144 valence electrons. The molecule has 1 aromatic carbocycles. The number of carbonyl (C=O) groups excluding carboxylic acids is 2. The molecule has 0 aliphatic carbocycles. The normalized spacial score (nSPS) is 20.3. The molecule has 1 heterocycles. The van der Waals surface area contributed by atoms with E-state index in [0.29, 0.717) is 43.5 Å². The standard InChI is InChI=1S/C20H30FN3O2/c1-4-15-14-24(20(26)16-5-7-18(21)8-6-16)11-9-17(15)13-19(25)22-10-12-23(2)3/h5-8,15,17H,4,9-14H2,1-3H3,(H,22,25)/t15-,17-/m0/s1. The van der Waals surface area contributed by atoms with Crippen molar-refractivity contribution in [2.75, 3.05) is 40.3 Å². The molecule has 5 nitrogen and oxygen atoms in total. The first-order valence-corrected chi connectivity index (χ1v) is 9.37. The third kappa shape index (κ3) is 5.80. The molecule has 2 rings (SSSR count). The second-order valence-electron chi connectivity index (χ2n) is 7.33. The lowest BCUT2D eigenvalue weighted by Crippen LogP contribution is -2.45. The summed E-state index contributed by atoms with van der Waals surface area (Å²) in [6.07, 6.45) is 2.28. The van der Waals surface area contributed by atoms with Gasteiger partial charge in [0.1, 0.15) is 5.82 Å². The van der Waals surface area contributed by atoms with Crippen LogP contribution in [0.5, 0.6) is 0 Å². The summed E-state index contributed by atoms with van der Waals surface area (Å²) >= 11 is 0. The monoisotopic (exact) mass is 363 g/mol. The molecule has 26 heavy (non-hydrogen) atoms. The van der Waals surface area contributed by atoms with Gasteiger partial charge in [0.15, 0.2) is 0 Å². The van der Waals surface area contributed by atoms with E-state index in [1.807, 2.05) is 23.9 Å². The average Bonchev–Trinajstić information content (AvgIpc) is 2.61. The average molecular weight is 363 g/mol. The summed E-state index contributed by atoms with van der Waals surface area (Å²) in [7, 11) is 3.96. The van der Waals surface area contributed by atoms with Crippen molar-refractivity contribution in [2.45, 2.75) is 26.2 Å². The number of benzene rings is 1. The molecule has 0 radical (unpaired) electrons.